The summed E-state index contributed by atoms with van der Waals surface area (Å²) in [5, 5.41) is 10.1. The molecule has 1 N–H and O–H groups in total. The molecule has 0 fully saturated rings. The topological polar surface area (TPSA) is 38.7 Å². The maximum Gasteiger partial charge on any atom is 0.124 e. The van der Waals surface area contributed by atoms with Crippen LogP contribution in [0.25, 0.3) is 0 Å². The van der Waals surface area contributed by atoms with Crippen molar-refractivity contribution < 1.29 is 14.6 Å². The second-order valence-corrected chi connectivity index (χ2v) is 4.75. The second kappa shape index (κ2) is 9.82. The molecule has 3 heteroatoms. The number of rotatable bonds is 10. The number of hydrogen-bond acceptors (Lipinski definition) is 3. The first kappa shape index (κ1) is 16.0. The van der Waals surface area contributed by atoms with E-state index in [1.54, 1.807) is 7.11 Å². The standard InChI is InChI=1S/C16H26O3/c1-3-4-5-6-9-12-19-13-15(17)14-10-7-8-11-16(14)18-2/h7-8,10-11,15,17H,3-6,9,12-13H2,1-2H3. The largest absolute Gasteiger partial charge is 0.496 e. The van der Waals surface area contributed by atoms with Crippen molar-refractivity contribution in [1.29, 1.82) is 0 Å². The van der Waals surface area contributed by atoms with Gasteiger partial charge in [-0.2, -0.15) is 0 Å². The van der Waals surface area contributed by atoms with Gasteiger partial charge in [0.15, 0.2) is 0 Å². The Balaban J connectivity index is 2.22. The van der Waals surface area contributed by atoms with Crippen LogP contribution in [0, 0.1) is 0 Å². The molecule has 19 heavy (non-hydrogen) atoms. The smallest absolute Gasteiger partial charge is 0.124 e. The highest BCUT2D eigenvalue weighted by molar-refractivity contribution is 5.34. The summed E-state index contributed by atoms with van der Waals surface area (Å²) in [5.74, 6) is 0.710. The first-order chi connectivity index (χ1) is 9.29. The van der Waals surface area contributed by atoms with E-state index >= 15 is 0 Å². The Labute approximate surface area is 116 Å². The van der Waals surface area contributed by atoms with Gasteiger partial charge < -0.3 is 14.6 Å². The van der Waals surface area contributed by atoms with Gasteiger partial charge in [-0.1, -0.05) is 50.8 Å². The molecule has 0 aliphatic heterocycles. The minimum absolute atomic E-state index is 0.328. The molecule has 0 aromatic heterocycles. The Hall–Kier alpha value is -1.06. The molecule has 1 unspecified atom stereocenters. The lowest BCUT2D eigenvalue weighted by molar-refractivity contribution is 0.0333. The number of benzene rings is 1. The summed E-state index contributed by atoms with van der Waals surface area (Å²) in [6.07, 6.45) is 5.48. The Bertz CT molecular complexity index is 339. The molecule has 0 saturated heterocycles. The molecule has 3 nitrogen and oxygen atoms in total. The molecule has 0 amide bonds. The van der Waals surface area contributed by atoms with E-state index in [4.69, 9.17) is 9.47 Å². The van der Waals surface area contributed by atoms with E-state index in [9.17, 15) is 5.11 Å². The Kier molecular flexibility index (Phi) is 8.26. The number of ether oxygens (including phenoxy) is 2. The van der Waals surface area contributed by atoms with E-state index in [1.165, 1.54) is 25.7 Å². The van der Waals surface area contributed by atoms with Gasteiger partial charge in [0.05, 0.1) is 13.7 Å². The summed E-state index contributed by atoms with van der Waals surface area (Å²) in [7, 11) is 1.61. The molecule has 1 aromatic rings. The van der Waals surface area contributed by atoms with Crippen LogP contribution in [0.4, 0.5) is 0 Å². The van der Waals surface area contributed by atoms with Crippen LogP contribution >= 0.6 is 0 Å². The molecular weight excluding hydrogens is 240 g/mol. The van der Waals surface area contributed by atoms with Crippen LogP contribution in [0.15, 0.2) is 24.3 Å². The molecule has 0 saturated carbocycles. The monoisotopic (exact) mass is 266 g/mol. The van der Waals surface area contributed by atoms with Crippen molar-refractivity contribution in [3.8, 4) is 5.75 Å². The van der Waals surface area contributed by atoms with Gasteiger partial charge in [0, 0.05) is 12.2 Å². The molecule has 1 aromatic carbocycles. The van der Waals surface area contributed by atoms with Gasteiger partial charge in [-0.3, -0.25) is 0 Å². The number of hydrogen-bond donors (Lipinski definition) is 1. The highest BCUT2D eigenvalue weighted by Gasteiger charge is 2.12. The fourth-order valence-electron chi connectivity index (χ4n) is 2.03. The fourth-order valence-corrected chi connectivity index (χ4v) is 2.03. The lowest BCUT2D eigenvalue weighted by Gasteiger charge is -2.14. The molecule has 0 spiro atoms. The molecule has 0 aliphatic rings. The highest BCUT2D eigenvalue weighted by Crippen LogP contribution is 2.24. The molecule has 1 atom stereocenters. The fraction of sp³-hybridized carbons (Fsp3) is 0.625. The summed E-state index contributed by atoms with van der Waals surface area (Å²) >= 11 is 0. The predicted octanol–water partition coefficient (Wildman–Crippen LogP) is 3.72. The van der Waals surface area contributed by atoms with Gasteiger partial charge in [-0.15, -0.1) is 0 Å². The van der Waals surface area contributed by atoms with Crippen molar-refractivity contribution in [2.45, 2.75) is 45.1 Å². The summed E-state index contributed by atoms with van der Waals surface area (Å²) in [4.78, 5) is 0. The Morgan fingerprint density at radius 1 is 1.11 bits per heavy atom. The molecule has 0 heterocycles. The maximum atomic E-state index is 10.1. The zero-order chi connectivity index (χ0) is 13.9. The summed E-state index contributed by atoms with van der Waals surface area (Å²) < 4.78 is 10.7. The summed E-state index contributed by atoms with van der Waals surface area (Å²) in [5.41, 5.74) is 0.788. The van der Waals surface area contributed by atoms with E-state index in [1.807, 2.05) is 24.3 Å². The van der Waals surface area contributed by atoms with Crippen molar-refractivity contribution in [2.75, 3.05) is 20.3 Å². The van der Waals surface area contributed by atoms with Crippen LogP contribution in [0.5, 0.6) is 5.75 Å². The van der Waals surface area contributed by atoms with Crippen LogP contribution < -0.4 is 4.74 Å². The van der Waals surface area contributed by atoms with Crippen LogP contribution in [0.1, 0.15) is 50.7 Å². The number of aliphatic hydroxyl groups excluding tert-OH is 1. The van der Waals surface area contributed by atoms with E-state index in [-0.39, 0.29) is 0 Å². The van der Waals surface area contributed by atoms with Crippen LogP contribution in [-0.2, 0) is 4.74 Å². The van der Waals surface area contributed by atoms with Gasteiger partial charge in [0.2, 0.25) is 0 Å². The third-order valence-electron chi connectivity index (χ3n) is 3.17. The number of unbranched alkanes of at least 4 members (excludes halogenated alkanes) is 4. The Morgan fingerprint density at radius 2 is 1.84 bits per heavy atom. The first-order valence-electron chi connectivity index (χ1n) is 7.18. The second-order valence-electron chi connectivity index (χ2n) is 4.75. The van der Waals surface area contributed by atoms with Crippen LogP contribution in [0.3, 0.4) is 0 Å². The third-order valence-corrected chi connectivity index (χ3v) is 3.17. The van der Waals surface area contributed by atoms with E-state index < -0.39 is 6.10 Å². The number of para-hydroxylation sites is 1. The van der Waals surface area contributed by atoms with Crippen molar-refractivity contribution in [3.63, 3.8) is 0 Å². The van der Waals surface area contributed by atoms with Crippen molar-refractivity contribution in [3.05, 3.63) is 29.8 Å². The zero-order valence-corrected chi connectivity index (χ0v) is 12.1. The lowest BCUT2D eigenvalue weighted by atomic mass is 10.1. The average Bonchev–Trinajstić information content (AvgIpc) is 2.46. The summed E-state index contributed by atoms with van der Waals surface area (Å²) in [6.45, 7) is 3.25. The Morgan fingerprint density at radius 3 is 2.58 bits per heavy atom. The van der Waals surface area contributed by atoms with Crippen LogP contribution in [0.2, 0.25) is 0 Å². The SMILES string of the molecule is CCCCCCCOCC(O)c1ccccc1OC. The molecule has 0 aliphatic carbocycles. The van der Waals surface area contributed by atoms with E-state index in [0.717, 1.165) is 18.6 Å². The number of methoxy groups -OCH3 is 1. The predicted molar refractivity (Wildman–Crippen MR) is 77.5 cm³/mol. The highest BCUT2D eigenvalue weighted by atomic mass is 16.5. The molecule has 108 valence electrons. The zero-order valence-electron chi connectivity index (χ0n) is 12.1. The van der Waals surface area contributed by atoms with Gasteiger partial charge in [0.25, 0.3) is 0 Å². The quantitative estimate of drug-likeness (QED) is 0.656. The third kappa shape index (κ3) is 6.08. The van der Waals surface area contributed by atoms with Gasteiger partial charge in [-0.05, 0) is 12.5 Å². The molecular formula is C16H26O3. The molecule has 1 rings (SSSR count). The maximum absolute atomic E-state index is 10.1. The van der Waals surface area contributed by atoms with Gasteiger partial charge in [0.1, 0.15) is 11.9 Å². The molecule has 0 radical (unpaired) electrons. The summed E-state index contributed by atoms with van der Waals surface area (Å²) in [6, 6.07) is 7.51. The molecule has 0 bridgehead atoms. The van der Waals surface area contributed by atoms with E-state index in [0.29, 0.717) is 12.4 Å². The minimum atomic E-state index is -0.619. The van der Waals surface area contributed by atoms with Gasteiger partial charge >= 0.3 is 0 Å². The van der Waals surface area contributed by atoms with E-state index in [2.05, 4.69) is 6.92 Å². The van der Waals surface area contributed by atoms with Crippen molar-refractivity contribution >= 4 is 0 Å². The lowest BCUT2D eigenvalue weighted by Crippen LogP contribution is -2.09. The average molecular weight is 266 g/mol. The first-order valence-corrected chi connectivity index (χ1v) is 7.18. The van der Waals surface area contributed by atoms with Crippen molar-refractivity contribution in [2.24, 2.45) is 0 Å². The number of aliphatic hydroxyl groups is 1. The van der Waals surface area contributed by atoms with Gasteiger partial charge in [-0.25, -0.2) is 0 Å². The normalized spacial score (nSPS) is 12.4. The van der Waals surface area contributed by atoms with Crippen LogP contribution in [-0.4, -0.2) is 25.4 Å². The van der Waals surface area contributed by atoms with Crippen molar-refractivity contribution in [1.82, 2.24) is 0 Å². The minimum Gasteiger partial charge on any atom is -0.496 e.